The third kappa shape index (κ3) is 2.69. The van der Waals surface area contributed by atoms with E-state index in [-0.39, 0.29) is 5.92 Å². The zero-order valence-electron chi connectivity index (χ0n) is 12.7. The maximum Gasteiger partial charge on any atom is 0.231 e. The summed E-state index contributed by atoms with van der Waals surface area (Å²) in [5.74, 6) is 1.22. The average Bonchev–Trinajstić information content (AvgIpc) is 3.04. The van der Waals surface area contributed by atoms with Gasteiger partial charge in [0.05, 0.1) is 18.2 Å². The first-order chi connectivity index (χ1) is 11.2. The fraction of sp³-hybridized carbons (Fsp3) is 0.167. The third-order valence-electron chi connectivity index (χ3n) is 3.72. The van der Waals surface area contributed by atoms with Crippen LogP contribution in [0.1, 0.15) is 24.0 Å². The molecule has 1 aromatic heterocycles. The molecule has 1 unspecified atom stereocenters. The molecular weight excluding hydrogens is 308 g/mol. The Balaban J connectivity index is 2.21. The summed E-state index contributed by atoms with van der Waals surface area (Å²) in [6.45, 7) is 2.03. The van der Waals surface area contributed by atoms with Crippen molar-refractivity contribution in [2.75, 3.05) is 7.11 Å². The highest BCUT2D eigenvalue weighted by molar-refractivity contribution is 7.79. The molecule has 0 aliphatic rings. The molecule has 0 saturated heterocycles. The molecule has 3 aromatic rings. The van der Waals surface area contributed by atoms with Gasteiger partial charge in [-0.25, -0.2) is 4.98 Å². The van der Waals surface area contributed by atoms with Crippen molar-refractivity contribution in [1.82, 2.24) is 4.98 Å². The van der Waals surface area contributed by atoms with Crippen molar-refractivity contribution in [2.24, 2.45) is 0 Å². The molecule has 1 heterocycles. The summed E-state index contributed by atoms with van der Waals surface area (Å²) in [4.78, 5) is 4.48. The molecule has 2 aromatic carbocycles. The van der Waals surface area contributed by atoms with Gasteiger partial charge in [-0.15, -0.1) is 0 Å². The second-order valence-corrected chi connectivity index (χ2v) is 5.44. The summed E-state index contributed by atoms with van der Waals surface area (Å²) in [5.41, 5.74) is 3.42. The van der Waals surface area contributed by atoms with E-state index in [1.807, 2.05) is 25.1 Å². The molecule has 3 rings (SSSR count). The lowest BCUT2D eigenvalue weighted by Gasteiger charge is -2.10. The Morgan fingerprint density at radius 1 is 1.35 bits per heavy atom. The zero-order valence-corrected chi connectivity index (χ0v) is 13.6. The Labute approximate surface area is 139 Å². The first-order valence-corrected chi connectivity index (χ1v) is 7.58. The van der Waals surface area contributed by atoms with Crippen molar-refractivity contribution in [3.05, 3.63) is 47.5 Å². The monoisotopic (exact) mass is 322 g/mol. The number of para-hydroxylation sites is 1. The van der Waals surface area contributed by atoms with Crippen LogP contribution in [0.5, 0.6) is 5.75 Å². The van der Waals surface area contributed by atoms with E-state index < -0.39 is 0 Å². The molecule has 23 heavy (non-hydrogen) atoms. The topological polar surface area (TPSA) is 59.0 Å². The summed E-state index contributed by atoms with van der Waals surface area (Å²) in [6, 6.07) is 13.2. The van der Waals surface area contributed by atoms with Gasteiger partial charge in [0.2, 0.25) is 5.89 Å². The summed E-state index contributed by atoms with van der Waals surface area (Å²) < 4.78 is 11.2. The average molecular weight is 322 g/mol. The maximum atomic E-state index is 9.19. The lowest BCUT2D eigenvalue weighted by molar-refractivity contribution is 0.414. The number of hydrogen-bond acceptors (Lipinski definition) is 5. The SMILES string of the molecule is COc1ccc(C(C)C=S)cc1-c1nc2c(C#N)cccc2o1. The number of ether oxygens (including phenoxy) is 1. The van der Waals surface area contributed by atoms with Gasteiger partial charge in [0, 0.05) is 5.92 Å². The van der Waals surface area contributed by atoms with Crippen LogP contribution in [0.4, 0.5) is 0 Å². The number of benzene rings is 2. The lowest BCUT2D eigenvalue weighted by Crippen LogP contribution is -1.96. The number of fused-ring (bicyclic) bond motifs is 1. The molecule has 5 heteroatoms. The van der Waals surface area contributed by atoms with Gasteiger partial charge in [-0.2, -0.15) is 5.26 Å². The Morgan fingerprint density at radius 2 is 2.17 bits per heavy atom. The molecule has 0 aliphatic carbocycles. The number of hydrogen-bond donors (Lipinski definition) is 0. The van der Waals surface area contributed by atoms with Crippen LogP contribution < -0.4 is 4.74 Å². The van der Waals surface area contributed by atoms with Crippen molar-refractivity contribution >= 4 is 28.7 Å². The number of methoxy groups -OCH3 is 1. The summed E-state index contributed by atoms with van der Waals surface area (Å²) in [7, 11) is 1.60. The molecule has 114 valence electrons. The van der Waals surface area contributed by atoms with Crippen LogP contribution in [0.15, 0.2) is 40.8 Å². The van der Waals surface area contributed by atoms with Crippen LogP contribution in [0.25, 0.3) is 22.6 Å². The van der Waals surface area contributed by atoms with Crippen LogP contribution >= 0.6 is 12.2 Å². The Kier molecular flexibility index (Phi) is 4.09. The van der Waals surface area contributed by atoms with E-state index in [9.17, 15) is 5.26 Å². The summed E-state index contributed by atoms with van der Waals surface area (Å²) in [6.07, 6.45) is 0. The Bertz CT molecular complexity index is 924. The molecule has 0 N–H and O–H groups in total. The predicted molar refractivity (Wildman–Crippen MR) is 92.8 cm³/mol. The standard InChI is InChI=1S/C18H14N2O2S/c1-11(10-23)12-6-7-15(21-2)14(8-12)18-20-17-13(9-19)4-3-5-16(17)22-18/h3-8,10-11H,1-2H3. The third-order valence-corrected chi connectivity index (χ3v) is 4.13. The van der Waals surface area contributed by atoms with Crippen molar-refractivity contribution in [3.63, 3.8) is 0 Å². The number of nitrogens with zero attached hydrogens (tertiary/aromatic N) is 2. The van der Waals surface area contributed by atoms with Crippen molar-refractivity contribution < 1.29 is 9.15 Å². The molecule has 0 aliphatic heterocycles. The van der Waals surface area contributed by atoms with Gasteiger partial charge in [-0.3, -0.25) is 0 Å². The molecular formula is C18H14N2O2S. The van der Waals surface area contributed by atoms with Gasteiger partial charge in [-0.1, -0.05) is 31.3 Å². The summed E-state index contributed by atoms with van der Waals surface area (Å²) >= 11 is 5.03. The second kappa shape index (κ2) is 6.19. The minimum absolute atomic E-state index is 0.133. The van der Waals surface area contributed by atoms with Crippen LogP contribution in [0, 0.1) is 11.3 Å². The Morgan fingerprint density at radius 3 is 2.87 bits per heavy atom. The fourth-order valence-corrected chi connectivity index (χ4v) is 2.57. The van der Waals surface area contributed by atoms with Crippen molar-refractivity contribution in [1.29, 1.82) is 5.26 Å². The van der Waals surface area contributed by atoms with E-state index >= 15 is 0 Å². The highest BCUT2D eigenvalue weighted by Crippen LogP contribution is 2.34. The highest BCUT2D eigenvalue weighted by Gasteiger charge is 2.16. The van der Waals surface area contributed by atoms with Crippen LogP contribution in [0.2, 0.25) is 0 Å². The maximum absolute atomic E-state index is 9.19. The van der Waals surface area contributed by atoms with E-state index in [0.717, 1.165) is 11.1 Å². The zero-order chi connectivity index (χ0) is 16.4. The van der Waals surface area contributed by atoms with E-state index in [1.54, 1.807) is 30.7 Å². The van der Waals surface area contributed by atoms with E-state index in [4.69, 9.17) is 21.4 Å². The van der Waals surface area contributed by atoms with Gasteiger partial charge < -0.3 is 9.15 Å². The van der Waals surface area contributed by atoms with E-state index in [0.29, 0.717) is 28.3 Å². The van der Waals surface area contributed by atoms with E-state index in [1.165, 1.54) is 0 Å². The van der Waals surface area contributed by atoms with Crippen LogP contribution in [-0.4, -0.2) is 17.5 Å². The minimum atomic E-state index is 0.133. The normalized spacial score (nSPS) is 11.9. The largest absolute Gasteiger partial charge is 0.496 e. The number of oxazole rings is 1. The van der Waals surface area contributed by atoms with Crippen LogP contribution in [0.3, 0.4) is 0 Å². The predicted octanol–water partition coefficient (Wildman–Crippen LogP) is 4.48. The van der Waals surface area contributed by atoms with Crippen molar-refractivity contribution in [2.45, 2.75) is 12.8 Å². The highest BCUT2D eigenvalue weighted by atomic mass is 32.1. The van der Waals surface area contributed by atoms with E-state index in [2.05, 4.69) is 11.1 Å². The molecule has 0 amide bonds. The van der Waals surface area contributed by atoms with Crippen molar-refractivity contribution in [3.8, 4) is 23.3 Å². The minimum Gasteiger partial charge on any atom is -0.496 e. The molecule has 0 bridgehead atoms. The molecule has 0 fully saturated rings. The first kappa shape index (κ1) is 15.2. The smallest absolute Gasteiger partial charge is 0.231 e. The second-order valence-electron chi connectivity index (χ2n) is 5.17. The number of rotatable bonds is 4. The number of thiocarbonyl (C=S) groups is 1. The summed E-state index contributed by atoms with van der Waals surface area (Å²) in [5, 5.41) is 10.9. The molecule has 0 spiro atoms. The number of nitriles is 1. The Hall–Kier alpha value is -2.71. The van der Waals surface area contributed by atoms with Gasteiger partial charge in [0.1, 0.15) is 17.3 Å². The molecule has 4 nitrogen and oxygen atoms in total. The van der Waals surface area contributed by atoms with Gasteiger partial charge in [0.15, 0.2) is 5.58 Å². The first-order valence-electron chi connectivity index (χ1n) is 7.11. The van der Waals surface area contributed by atoms with Gasteiger partial charge in [-0.05, 0) is 35.2 Å². The molecule has 0 saturated carbocycles. The van der Waals surface area contributed by atoms with Crippen LogP contribution in [-0.2, 0) is 0 Å². The lowest BCUT2D eigenvalue weighted by atomic mass is 10.00. The quantitative estimate of drug-likeness (QED) is 0.663. The van der Waals surface area contributed by atoms with Gasteiger partial charge >= 0.3 is 0 Å². The molecule has 1 atom stereocenters. The number of aromatic nitrogens is 1. The fourth-order valence-electron chi connectivity index (χ4n) is 2.41. The van der Waals surface area contributed by atoms with Gasteiger partial charge in [0.25, 0.3) is 0 Å². The molecule has 0 radical (unpaired) electrons.